The molecule has 4 nitrogen and oxygen atoms in total. The smallest absolute Gasteiger partial charge is 0.258 e. The third kappa shape index (κ3) is 4.99. The van der Waals surface area contributed by atoms with Gasteiger partial charge in [-0.05, 0) is 61.1 Å². The Kier molecular flexibility index (Phi) is 5.94. The van der Waals surface area contributed by atoms with E-state index in [0.29, 0.717) is 6.54 Å². The van der Waals surface area contributed by atoms with E-state index in [9.17, 15) is 4.79 Å². The maximum absolute atomic E-state index is 12.0. The average molecular weight is 338 g/mol. The molecule has 4 heteroatoms. The van der Waals surface area contributed by atoms with Gasteiger partial charge in [0, 0.05) is 25.8 Å². The SMILES string of the molecule is CN(CCNC(=O)COc1ccc2c(c1)CCCC2)c1ccccc1. The number of benzene rings is 2. The van der Waals surface area contributed by atoms with Gasteiger partial charge in [0.05, 0.1) is 0 Å². The molecule has 2 aromatic rings. The molecular weight excluding hydrogens is 312 g/mol. The van der Waals surface area contributed by atoms with Crippen LogP contribution in [0.25, 0.3) is 0 Å². The van der Waals surface area contributed by atoms with Crippen molar-refractivity contribution in [3.63, 3.8) is 0 Å². The predicted octanol–water partition coefficient (Wildman–Crippen LogP) is 3.20. The normalized spacial score (nSPS) is 13.0. The minimum atomic E-state index is -0.0841. The minimum absolute atomic E-state index is 0.0633. The number of hydrogen-bond acceptors (Lipinski definition) is 3. The first-order valence-electron chi connectivity index (χ1n) is 9.00. The van der Waals surface area contributed by atoms with Crippen molar-refractivity contribution in [1.29, 1.82) is 0 Å². The van der Waals surface area contributed by atoms with Crippen LogP contribution in [0.2, 0.25) is 0 Å². The Bertz CT molecular complexity index is 700. The first kappa shape index (κ1) is 17.3. The molecule has 0 aliphatic heterocycles. The number of nitrogens with one attached hydrogen (secondary N) is 1. The second-order valence-corrected chi connectivity index (χ2v) is 6.53. The molecule has 0 heterocycles. The monoisotopic (exact) mass is 338 g/mol. The van der Waals surface area contributed by atoms with Gasteiger partial charge in [-0.15, -0.1) is 0 Å². The van der Waals surface area contributed by atoms with Crippen molar-refractivity contribution < 1.29 is 9.53 Å². The summed E-state index contributed by atoms with van der Waals surface area (Å²) in [5.41, 5.74) is 3.93. The van der Waals surface area contributed by atoms with Crippen LogP contribution in [-0.2, 0) is 17.6 Å². The lowest BCUT2D eigenvalue weighted by atomic mass is 9.92. The number of nitrogens with zero attached hydrogens (tertiary/aromatic N) is 1. The zero-order chi connectivity index (χ0) is 17.5. The van der Waals surface area contributed by atoms with Gasteiger partial charge in [-0.1, -0.05) is 24.3 Å². The standard InChI is InChI=1S/C21H26N2O2/c1-23(19-9-3-2-4-10-19)14-13-22-21(24)16-25-20-12-11-17-7-5-6-8-18(17)15-20/h2-4,9-12,15H,5-8,13-14,16H2,1H3,(H,22,24). The second-order valence-electron chi connectivity index (χ2n) is 6.53. The van der Waals surface area contributed by atoms with Gasteiger partial charge in [-0.25, -0.2) is 0 Å². The highest BCUT2D eigenvalue weighted by molar-refractivity contribution is 5.77. The van der Waals surface area contributed by atoms with Gasteiger partial charge in [0.1, 0.15) is 5.75 Å². The Hall–Kier alpha value is -2.49. The van der Waals surface area contributed by atoms with Crippen LogP contribution in [0, 0.1) is 0 Å². The number of ether oxygens (including phenoxy) is 1. The van der Waals surface area contributed by atoms with Gasteiger partial charge in [0.25, 0.3) is 5.91 Å². The van der Waals surface area contributed by atoms with E-state index in [1.807, 2.05) is 31.3 Å². The summed E-state index contributed by atoms with van der Waals surface area (Å²) >= 11 is 0. The van der Waals surface area contributed by atoms with Gasteiger partial charge in [0.2, 0.25) is 0 Å². The highest BCUT2D eigenvalue weighted by atomic mass is 16.5. The molecular formula is C21H26N2O2. The van der Waals surface area contributed by atoms with Crippen molar-refractivity contribution in [1.82, 2.24) is 5.32 Å². The molecule has 25 heavy (non-hydrogen) atoms. The summed E-state index contributed by atoms with van der Waals surface area (Å²) in [6.45, 7) is 1.42. The van der Waals surface area contributed by atoms with E-state index in [4.69, 9.17) is 4.74 Å². The minimum Gasteiger partial charge on any atom is -0.484 e. The molecule has 0 saturated heterocycles. The molecule has 0 spiro atoms. The van der Waals surface area contributed by atoms with E-state index in [1.54, 1.807) is 0 Å². The van der Waals surface area contributed by atoms with Crippen LogP contribution < -0.4 is 15.0 Å². The molecule has 1 aliphatic rings. The van der Waals surface area contributed by atoms with E-state index in [0.717, 1.165) is 30.8 Å². The number of amides is 1. The molecule has 3 rings (SSSR count). The van der Waals surface area contributed by atoms with Crippen LogP contribution >= 0.6 is 0 Å². The van der Waals surface area contributed by atoms with E-state index in [-0.39, 0.29) is 12.5 Å². The molecule has 0 radical (unpaired) electrons. The van der Waals surface area contributed by atoms with Gasteiger partial charge >= 0.3 is 0 Å². The number of rotatable bonds is 7. The fraction of sp³-hybridized carbons (Fsp3) is 0.381. The quantitative estimate of drug-likeness (QED) is 0.843. The van der Waals surface area contributed by atoms with Crippen LogP contribution in [0.1, 0.15) is 24.0 Å². The summed E-state index contributed by atoms with van der Waals surface area (Å²) in [5.74, 6) is 0.705. The zero-order valence-electron chi connectivity index (χ0n) is 14.8. The van der Waals surface area contributed by atoms with Crippen molar-refractivity contribution in [2.45, 2.75) is 25.7 Å². The second kappa shape index (κ2) is 8.56. The lowest BCUT2D eigenvalue weighted by Gasteiger charge is -2.19. The van der Waals surface area contributed by atoms with Crippen LogP contribution in [0.15, 0.2) is 48.5 Å². The Labute approximate surface area is 149 Å². The molecule has 0 unspecified atom stereocenters. The van der Waals surface area contributed by atoms with Crippen molar-refractivity contribution >= 4 is 11.6 Å². The van der Waals surface area contributed by atoms with E-state index < -0.39 is 0 Å². The number of likely N-dealkylation sites (N-methyl/N-ethyl adjacent to an activating group) is 1. The number of anilines is 1. The van der Waals surface area contributed by atoms with Crippen LogP contribution in [0.5, 0.6) is 5.75 Å². The average Bonchev–Trinajstić information content (AvgIpc) is 2.67. The van der Waals surface area contributed by atoms with Crippen molar-refractivity contribution in [2.24, 2.45) is 0 Å². The molecule has 0 aromatic heterocycles. The Morgan fingerprint density at radius 3 is 2.64 bits per heavy atom. The van der Waals surface area contributed by atoms with Crippen LogP contribution in [0.4, 0.5) is 5.69 Å². The molecule has 0 bridgehead atoms. The van der Waals surface area contributed by atoms with Gasteiger partial charge in [-0.3, -0.25) is 4.79 Å². The molecule has 2 aromatic carbocycles. The van der Waals surface area contributed by atoms with Crippen LogP contribution in [0.3, 0.4) is 0 Å². The van der Waals surface area contributed by atoms with Gasteiger partial charge in [0.15, 0.2) is 6.61 Å². The number of aryl methyl sites for hydroxylation is 2. The largest absolute Gasteiger partial charge is 0.484 e. The van der Waals surface area contributed by atoms with E-state index in [1.165, 1.54) is 24.0 Å². The Morgan fingerprint density at radius 2 is 1.84 bits per heavy atom. The third-order valence-electron chi connectivity index (χ3n) is 4.66. The molecule has 0 saturated carbocycles. The maximum atomic E-state index is 12.0. The molecule has 1 amide bonds. The highest BCUT2D eigenvalue weighted by Crippen LogP contribution is 2.25. The number of hydrogen-bond donors (Lipinski definition) is 1. The Balaban J connectivity index is 1.39. The zero-order valence-corrected chi connectivity index (χ0v) is 14.8. The summed E-state index contributed by atoms with van der Waals surface area (Å²) in [6, 6.07) is 16.3. The topological polar surface area (TPSA) is 41.6 Å². The maximum Gasteiger partial charge on any atom is 0.258 e. The van der Waals surface area contributed by atoms with E-state index in [2.05, 4.69) is 34.5 Å². The molecule has 132 valence electrons. The number of fused-ring (bicyclic) bond motifs is 1. The number of carbonyl (C=O) groups is 1. The highest BCUT2D eigenvalue weighted by Gasteiger charge is 2.10. The lowest BCUT2D eigenvalue weighted by molar-refractivity contribution is -0.123. The first-order chi connectivity index (χ1) is 12.2. The first-order valence-corrected chi connectivity index (χ1v) is 9.00. The molecule has 0 atom stereocenters. The third-order valence-corrected chi connectivity index (χ3v) is 4.66. The van der Waals surface area contributed by atoms with Crippen molar-refractivity contribution in [3.8, 4) is 5.75 Å². The van der Waals surface area contributed by atoms with Gasteiger partial charge in [-0.2, -0.15) is 0 Å². The molecule has 1 aliphatic carbocycles. The van der Waals surface area contributed by atoms with Crippen molar-refractivity contribution in [3.05, 3.63) is 59.7 Å². The Morgan fingerprint density at radius 1 is 1.08 bits per heavy atom. The molecule has 0 fully saturated rings. The molecule has 1 N–H and O–H groups in total. The van der Waals surface area contributed by atoms with Crippen LogP contribution in [-0.4, -0.2) is 32.7 Å². The lowest BCUT2D eigenvalue weighted by Crippen LogP contribution is -2.35. The fourth-order valence-corrected chi connectivity index (χ4v) is 3.17. The number of carbonyl (C=O) groups excluding carboxylic acids is 1. The summed E-state index contributed by atoms with van der Waals surface area (Å²) in [4.78, 5) is 14.1. The fourth-order valence-electron chi connectivity index (χ4n) is 3.17. The van der Waals surface area contributed by atoms with Gasteiger partial charge < -0.3 is 15.0 Å². The summed E-state index contributed by atoms with van der Waals surface area (Å²) in [6.07, 6.45) is 4.79. The van der Waals surface area contributed by atoms with E-state index >= 15 is 0 Å². The summed E-state index contributed by atoms with van der Waals surface area (Å²) < 4.78 is 5.65. The predicted molar refractivity (Wildman–Crippen MR) is 101 cm³/mol. The summed E-state index contributed by atoms with van der Waals surface area (Å²) in [7, 11) is 2.02. The number of para-hydroxylation sites is 1. The summed E-state index contributed by atoms with van der Waals surface area (Å²) in [5, 5.41) is 2.91. The van der Waals surface area contributed by atoms with Crippen molar-refractivity contribution in [2.75, 3.05) is 31.6 Å².